The first kappa shape index (κ1) is 16.4. The molecule has 0 amide bonds. The van der Waals surface area contributed by atoms with Crippen LogP contribution >= 0.6 is 15.9 Å². The largest absolute Gasteiger partial charge is 0.453 e. The maximum atomic E-state index is 12.1. The van der Waals surface area contributed by atoms with Crippen LogP contribution in [0.2, 0.25) is 0 Å². The van der Waals surface area contributed by atoms with E-state index in [0.717, 1.165) is 0 Å². The van der Waals surface area contributed by atoms with Crippen LogP contribution in [-0.4, -0.2) is 59.3 Å². The van der Waals surface area contributed by atoms with E-state index in [4.69, 9.17) is 14.2 Å². The van der Waals surface area contributed by atoms with Gasteiger partial charge in [-0.15, -0.1) is 0 Å². The molecule has 7 heteroatoms. The van der Waals surface area contributed by atoms with E-state index >= 15 is 0 Å². The molecule has 0 aliphatic carbocycles. The smallest absolute Gasteiger partial charge is 0.338 e. The molecular formula is C14H17BrO6. The number of halogens is 1. The molecule has 5 atom stereocenters. The normalized spacial score (nSPS) is 32.7. The van der Waals surface area contributed by atoms with Gasteiger partial charge in [-0.25, -0.2) is 4.79 Å². The van der Waals surface area contributed by atoms with Crippen molar-refractivity contribution in [2.24, 2.45) is 0 Å². The molecule has 1 aliphatic rings. The first-order valence-electron chi connectivity index (χ1n) is 6.45. The standard InChI is InChI=1S/C14H17BrO6/c1-19-14-11(17)10(16)12(9(7-15)20-14)21-13(18)8-5-3-2-4-6-8/h2-6,9-12,14,16-17H,7H2,1H3/t9-,10-,11-,12-,14+/m0/s1. The number of aliphatic hydroxyl groups excluding tert-OH is 2. The van der Waals surface area contributed by atoms with Gasteiger partial charge in [0.1, 0.15) is 18.3 Å². The summed E-state index contributed by atoms with van der Waals surface area (Å²) in [6.45, 7) is 0. The van der Waals surface area contributed by atoms with Crippen molar-refractivity contribution in [1.82, 2.24) is 0 Å². The summed E-state index contributed by atoms with van der Waals surface area (Å²) in [7, 11) is 1.36. The lowest BCUT2D eigenvalue weighted by atomic mass is 9.99. The van der Waals surface area contributed by atoms with E-state index in [1.54, 1.807) is 30.3 Å². The lowest BCUT2D eigenvalue weighted by Gasteiger charge is -2.40. The topological polar surface area (TPSA) is 85.2 Å². The van der Waals surface area contributed by atoms with Crippen LogP contribution in [0.15, 0.2) is 30.3 Å². The van der Waals surface area contributed by atoms with E-state index in [0.29, 0.717) is 10.9 Å². The number of carbonyl (C=O) groups excluding carboxylic acids is 1. The average Bonchev–Trinajstić information content (AvgIpc) is 2.53. The summed E-state index contributed by atoms with van der Waals surface area (Å²) in [5.74, 6) is -0.586. The van der Waals surface area contributed by atoms with E-state index in [2.05, 4.69) is 15.9 Å². The summed E-state index contributed by atoms with van der Waals surface area (Å²) in [5, 5.41) is 20.3. The van der Waals surface area contributed by atoms with Crippen molar-refractivity contribution in [1.29, 1.82) is 0 Å². The SMILES string of the molecule is CO[C@@H]1O[C@@H](CBr)[C@H](OC(=O)c2ccccc2)[C@@H](O)[C@@H]1O. The fraction of sp³-hybridized carbons (Fsp3) is 0.500. The van der Waals surface area contributed by atoms with E-state index < -0.39 is 36.7 Å². The van der Waals surface area contributed by atoms with Crippen LogP contribution < -0.4 is 0 Å². The highest BCUT2D eigenvalue weighted by Gasteiger charge is 2.46. The van der Waals surface area contributed by atoms with Crippen molar-refractivity contribution in [2.75, 3.05) is 12.4 Å². The van der Waals surface area contributed by atoms with E-state index in [1.165, 1.54) is 7.11 Å². The van der Waals surface area contributed by atoms with Crippen LogP contribution in [0.5, 0.6) is 0 Å². The molecule has 0 spiro atoms. The van der Waals surface area contributed by atoms with Gasteiger partial charge >= 0.3 is 5.97 Å². The molecule has 1 aromatic rings. The third-order valence-electron chi connectivity index (χ3n) is 3.28. The molecule has 1 aromatic carbocycles. The van der Waals surface area contributed by atoms with Crippen LogP contribution in [0.3, 0.4) is 0 Å². The third-order valence-corrected chi connectivity index (χ3v) is 3.92. The predicted octanol–water partition coefficient (Wildman–Crippen LogP) is 0.700. The molecule has 1 fully saturated rings. The monoisotopic (exact) mass is 360 g/mol. The summed E-state index contributed by atoms with van der Waals surface area (Å²) < 4.78 is 15.7. The lowest BCUT2D eigenvalue weighted by molar-refractivity contribution is -0.284. The van der Waals surface area contributed by atoms with Gasteiger partial charge in [0, 0.05) is 12.4 Å². The van der Waals surface area contributed by atoms with Crippen LogP contribution in [0, 0.1) is 0 Å². The van der Waals surface area contributed by atoms with Gasteiger partial charge in [0.25, 0.3) is 0 Å². The van der Waals surface area contributed by atoms with Gasteiger partial charge in [0.2, 0.25) is 0 Å². The van der Waals surface area contributed by atoms with E-state index in [1.807, 2.05) is 0 Å². The first-order valence-corrected chi connectivity index (χ1v) is 7.57. The van der Waals surface area contributed by atoms with Gasteiger partial charge in [-0.05, 0) is 12.1 Å². The summed E-state index contributed by atoms with van der Waals surface area (Å²) in [6.07, 6.45) is -5.16. The lowest BCUT2D eigenvalue weighted by Crippen LogP contribution is -2.59. The Morgan fingerprint density at radius 3 is 2.52 bits per heavy atom. The van der Waals surface area contributed by atoms with Crippen molar-refractivity contribution in [3.63, 3.8) is 0 Å². The summed E-state index contributed by atoms with van der Waals surface area (Å²) >= 11 is 3.24. The van der Waals surface area contributed by atoms with Crippen LogP contribution in [0.1, 0.15) is 10.4 Å². The Morgan fingerprint density at radius 2 is 1.95 bits per heavy atom. The molecule has 2 N–H and O–H groups in total. The Hall–Kier alpha value is -0.990. The number of ether oxygens (including phenoxy) is 3. The highest BCUT2D eigenvalue weighted by atomic mass is 79.9. The molecule has 6 nitrogen and oxygen atoms in total. The van der Waals surface area contributed by atoms with Crippen LogP contribution in [-0.2, 0) is 14.2 Å². The van der Waals surface area contributed by atoms with Crippen LogP contribution in [0.25, 0.3) is 0 Å². The van der Waals surface area contributed by atoms with Crippen molar-refractivity contribution in [3.8, 4) is 0 Å². The Bertz CT molecular complexity index is 466. The number of aliphatic hydroxyl groups is 2. The minimum atomic E-state index is -1.29. The molecule has 0 bridgehead atoms. The van der Waals surface area contributed by atoms with Gasteiger partial charge < -0.3 is 24.4 Å². The first-order chi connectivity index (χ1) is 10.1. The number of esters is 1. The van der Waals surface area contributed by atoms with Crippen LogP contribution in [0.4, 0.5) is 0 Å². The van der Waals surface area contributed by atoms with Crippen molar-refractivity contribution in [2.45, 2.75) is 30.7 Å². The fourth-order valence-electron chi connectivity index (χ4n) is 2.14. The second kappa shape index (κ2) is 7.33. The molecule has 1 aliphatic heterocycles. The second-order valence-corrected chi connectivity index (χ2v) is 5.30. The zero-order valence-corrected chi connectivity index (χ0v) is 13.0. The highest BCUT2D eigenvalue weighted by molar-refractivity contribution is 9.09. The highest BCUT2D eigenvalue weighted by Crippen LogP contribution is 2.26. The zero-order valence-electron chi connectivity index (χ0n) is 11.4. The molecule has 0 aromatic heterocycles. The number of rotatable bonds is 4. The van der Waals surface area contributed by atoms with Crippen molar-refractivity contribution in [3.05, 3.63) is 35.9 Å². The Balaban J connectivity index is 2.11. The third kappa shape index (κ3) is 3.61. The number of hydrogen-bond acceptors (Lipinski definition) is 6. The molecule has 2 rings (SSSR count). The van der Waals surface area contributed by atoms with Gasteiger partial charge in [-0.3, -0.25) is 0 Å². The molecular weight excluding hydrogens is 344 g/mol. The summed E-state index contributed by atoms with van der Waals surface area (Å²) in [6, 6.07) is 8.42. The van der Waals surface area contributed by atoms with Crippen molar-refractivity contribution >= 4 is 21.9 Å². The number of benzene rings is 1. The van der Waals surface area contributed by atoms with Gasteiger partial charge in [-0.1, -0.05) is 34.1 Å². The molecule has 1 saturated heterocycles. The minimum Gasteiger partial charge on any atom is -0.453 e. The Kier molecular flexibility index (Phi) is 5.72. The zero-order chi connectivity index (χ0) is 15.4. The average molecular weight is 361 g/mol. The quantitative estimate of drug-likeness (QED) is 0.607. The summed E-state index contributed by atoms with van der Waals surface area (Å²) in [5.41, 5.74) is 0.362. The number of methoxy groups -OCH3 is 1. The second-order valence-electron chi connectivity index (χ2n) is 4.65. The number of hydrogen-bond donors (Lipinski definition) is 2. The van der Waals surface area contributed by atoms with E-state index in [-0.39, 0.29) is 0 Å². The summed E-state index contributed by atoms with van der Waals surface area (Å²) in [4.78, 5) is 12.1. The molecule has 1 heterocycles. The molecule has 0 unspecified atom stereocenters. The predicted molar refractivity (Wildman–Crippen MR) is 77.1 cm³/mol. The van der Waals surface area contributed by atoms with Gasteiger partial charge in [0.05, 0.1) is 5.56 Å². The maximum absolute atomic E-state index is 12.1. The van der Waals surface area contributed by atoms with Crippen molar-refractivity contribution < 1.29 is 29.2 Å². The number of carbonyl (C=O) groups is 1. The minimum absolute atomic E-state index is 0.323. The Morgan fingerprint density at radius 1 is 1.29 bits per heavy atom. The molecule has 116 valence electrons. The maximum Gasteiger partial charge on any atom is 0.338 e. The molecule has 21 heavy (non-hydrogen) atoms. The molecule has 0 saturated carbocycles. The molecule has 0 radical (unpaired) electrons. The van der Waals surface area contributed by atoms with Gasteiger partial charge in [0.15, 0.2) is 12.4 Å². The number of alkyl halides is 1. The van der Waals surface area contributed by atoms with Gasteiger partial charge in [-0.2, -0.15) is 0 Å². The van der Waals surface area contributed by atoms with E-state index in [9.17, 15) is 15.0 Å². The Labute approximate surface area is 130 Å². The fourth-order valence-corrected chi connectivity index (χ4v) is 2.66.